The predicted octanol–water partition coefficient (Wildman–Crippen LogP) is 17.4. The van der Waals surface area contributed by atoms with Crippen molar-refractivity contribution in [1.29, 1.82) is 0 Å². The highest BCUT2D eigenvalue weighted by Gasteiger charge is 2.49. The molecule has 3 heterocycles. The molecule has 5 heteroatoms. The second-order valence-corrected chi connectivity index (χ2v) is 29.1. The van der Waals surface area contributed by atoms with E-state index < -0.39 is 0 Å². The van der Waals surface area contributed by atoms with Crippen LogP contribution in [0.25, 0.3) is 21.2 Å². The Morgan fingerprint density at radius 1 is 0.500 bits per heavy atom. The Kier molecular flexibility index (Phi) is 10.1. The van der Waals surface area contributed by atoms with Crippen LogP contribution in [0.3, 0.4) is 0 Å². The van der Waals surface area contributed by atoms with E-state index in [2.05, 4.69) is 193 Å². The lowest BCUT2D eigenvalue weighted by molar-refractivity contribution is 0.332. The fourth-order valence-corrected chi connectivity index (χ4v) is 15.4. The Bertz CT molecular complexity index is 3460. The Balaban J connectivity index is 1.23. The Labute approximate surface area is 435 Å². The average Bonchev–Trinajstić information content (AvgIpc) is 3.68. The van der Waals surface area contributed by atoms with Gasteiger partial charge in [-0.05, 0) is 199 Å². The Hall–Kier alpha value is -5.13. The molecule has 2 nitrogen and oxygen atoms in total. The second-order valence-electron chi connectivity index (χ2n) is 28.0. The zero-order valence-corrected chi connectivity index (χ0v) is 47.1. The van der Waals surface area contributed by atoms with Crippen molar-refractivity contribution in [2.45, 2.75) is 187 Å². The van der Waals surface area contributed by atoms with Crippen LogP contribution in [0.5, 0.6) is 0 Å². The summed E-state index contributed by atoms with van der Waals surface area (Å²) >= 11 is 2.03. The van der Waals surface area contributed by atoms with Gasteiger partial charge in [0.1, 0.15) is 5.82 Å². The van der Waals surface area contributed by atoms with Crippen LogP contribution in [-0.2, 0) is 37.9 Å². The van der Waals surface area contributed by atoms with E-state index in [9.17, 15) is 0 Å². The minimum Gasteiger partial charge on any atom is -0.311 e. The number of hydrogen-bond acceptors (Lipinski definition) is 3. The zero-order valence-electron chi connectivity index (χ0n) is 46.2. The number of fused-ring (bicyclic) bond motifs is 9. The van der Waals surface area contributed by atoms with Crippen LogP contribution in [0.2, 0.25) is 0 Å². The SMILES string of the molecule is Cc1cc2c3c(c1)N(c1ccc4c(c1)C(C)(C)CCC4(C)C)c1c(sc4cc5c(cc14)C(C)(C)CCC5(C)C)B3c1cc(C(C)(C)C)ccc1N2c1cc2c(cc1-c1ccccc1F)C(C)(C)CCC2(C)C. The van der Waals surface area contributed by atoms with Gasteiger partial charge in [-0.25, -0.2) is 4.39 Å². The fourth-order valence-electron chi connectivity index (χ4n) is 14.1. The van der Waals surface area contributed by atoms with Gasteiger partial charge in [0.05, 0.1) is 11.4 Å². The molecule has 7 aromatic rings. The minimum absolute atomic E-state index is 0.0243. The molecule has 0 spiro atoms. The summed E-state index contributed by atoms with van der Waals surface area (Å²) in [5.41, 5.74) is 22.7. The first kappa shape index (κ1) is 47.9. The number of nitrogens with zero attached hydrogens (tertiary/aromatic N) is 2. The van der Waals surface area contributed by atoms with Crippen LogP contribution in [0.15, 0.2) is 97.1 Å². The molecule has 0 saturated heterocycles. The molecule has 0 bridgehead atoms. The largest absolute Gasteiger partial charge is 0.311 e. The van der Waals surface area contributed by atoms with Crippen molar-refractivity contribution in [1.82, 2.24) is 0 Å². The highest BCUT2D eigenvalue weighted by molar-refractivity contribution is 7.33. The van der Waals surface area contributed by atoms with Crippen molar-refractivity contribution >= 4 is 78.0 Å². The van der Waals surface area contributed by atoms with Gasteiger partial charge in [0, 0.05) is 48.7 Å². The van der Waals surface area contributed by atoms with Gasteiger partial charge in [-0.2, -0.15) is 0 Å². The monoisotopic (exact) mass is 971 g/mol. The second kappa shape index (κ2) is 15.2. The van der Waals surface area contributed by atoms with Crippen molar-refractivity contribution in [2.24, 2.45) is 0 Å². The van der Waals surface area contributed by atoms with E-state index in [1.807, 2.05) is 29.5 Å². The fraction of sp³-hybridized carbons (Fsp3) is 0.433. The summed E-state index contributed by atoms with van der Waals surface area (Å²) in [6, 6.07) is 37.4. The molecule has 0 N–H and O–H groups in total. The molecule has 0 unspecified atom stereocenters. The average molecular weight is 971 g/mol. The maximum absolute atomic E-state index is 16.7. The maximum atomic E-state index is 16.7. The Morgan fingerprint density at radius 2 is 1.03 bits per heavy atom. The number of thiophene rings is 1. The quantitative estimate of drug-likeness (QED) is 0.163. The van der Waals surface area contributed by atoms with Crippen LogP contribution in [0, 0.1) is 12.7 Å². The number of benzene rings is 6. The molecule has 2 aliphatic heterocycles. The van der Waals surface area contributed by atoms with E-state index in [1.165, 1.54) is 118 Å². The Morgan fingerprint density at radius 3 is 1.62 bits per heavy atom. The molecule has 3 aliphatic carbocycles. The summed E-state index contributed by atoms with van der Waals surface area (Å²) in [6.07, 6.45) is 6.86. The number of halogens is 1. The first-order valence-corrected chi connectivity index (χ1v) is 28.0. The van der Waals surface area contributed by atoms with E-state index in [4.69, 9.17) is 0 Å². The molecule has 0 radical (unpaired) electrons. The van der Waals surface area contributed by atoms with Gasteiger partial charge < -0.3 is 9.80 Å². The third-order valence-electron chi connectivity index (χ3n) is 19.1. The van der Waals surface area contributed by atoms with Gasteiger partial charge in [-0.3, -0.25) is 0 Å². The number of hydrogen-bond donors (Lipinski definition) is 0. The van der Waals surface area contributed by atoms with Gasteiger partial charge in [0.25, 0.3) is 6.71 Å². The lowest BCUT2D eigenvalue weighted by Crippen LogP contribution is -2.60. The van der Waals surface area contributed by atoms with E-state index in [0.29, 0.717) is 5.56 Å². The minimum atomic E-state index is -0.190. The van der Waals surface area contributed by atoms with E-state index in [-0.39, 0.29) is 50.4 Å². The standard InChI is InChI=1S/C67H76BFN2S/c1-39-31-55-58-56(32-39)71(54-37-49-47(64(9,10)27-29-66(49,13)14)35-43(54)42-19-17-18-20-52(42)69)53-24-21-40(61(2,3)4)33-51(53)68(58)60-59(44-36-48-50(38-57(44)72-60)67(15,16)30-28-65(48,11)12)70(55)41-22-23-45-46(34-41)63(7,8)26-25-62(45,5)6/h17-24,31-38H,25-30H2,1-16H3. The molecular formula is C67H76BFN2S. The van der Waals surface area contributed by atoms with Crippen molar-refractivity contribution < 1.29 is 4.39 Å². The van der Waals surface area contributed by atoms with Crippen molar-refractivity contribution in [3.63, 3.8) is 0 Å². The van der Waals surface area contributed by atoms with Crippen molar-refractivity contribution in [3.8, 4) is 11.1 Å². The third-order valence-corrected chi connectivity index (χ3v) is 20.3. The molecule has 12 rings (SSSR count). The molecule has 0 amide bonds. The summed E-state index contributed by atoms with van der Waals surface area (Å²) in [5, 5.41) is 1.36. The van der Waals surface area contributed by atoms with Crippen LogP contribution in [-0.4, -0.2) is 6.71 Å². The lowest BCUT2D eigenvalue weighted by Gasteiger charge is -2.46. The summed E-state index contributed by atoms with van der Waals surface area (Å²) in [7, 11) is 0. The predicted molar refractivity (Wildman–Crippen MR) is 311 cm³/mol. The number of anilines is 6. The summed E-state index contributed by atoms with van der Waals surface area (Å²) in [6.45, 7) is 38.6. The third kappa shape index (κ3) is 6.97. The molecule has 0 saturated carbocycles. The summed E-state index contributed by atoms with van der Waals surface area (Å²) < 4.78 is 19.5. The molecule has 5 aliphatic rings. The molecule has 6 aromatic carbocycles. The first-order valence-electron chi connectivity index (χ1n) is 27.2. The molecule has 0 fully saturated rings. The van der Waals surface area contributed by atoms with Crippen LogP contribution >= 0.6 is 11.3 Å². The normalized spacial score (nSPS) is 20.3. The van der Waals surface area contributed by atoms with Gasteiger partial charge in [0.15, 0.2) is 0 Å². The molecule has 370 valence electrons. The lowest BCUT2D eigenvalue weighted by atomic mass is 9.36. The summed E-state index contributed by atoms with van der Waals surface area (Å²) in [4.78, 5) is 5.28. The van der Waals surface area contributed by atoms with Crippen LogP contribution in [0.4, 0.5) is 38.5 Å². The van der Waals surface area contributed by atoms with Gasteiger partial charge >= 0.3 is 0 Å². The molecule has 0 atom stereocenters. The highest BCUT2D eigenvalue weighted by atomic mass is 32.1. The van der Waals surface area contributed by atoms with E-state index in [1.54, 1.807) is 6.07 Å². The van der Waals surface area contributed by atoms with Crippen LogP contribution in [0.1, 0.15) is 187 Å². The zero-order chi connectivity index (χ0) is 51.2. The van der Waals surface area contributed by atoms with Crippen molar-refractivity contribution in [2.75, 3.05) is 9.80 Å². The highest BCUT2D eigenvalue weighted by Crippen LogP contribution is 2.57. The first-order chi connectivity index (χ1) is 33.6. The van der Waals surface area contributed by atoms with Gasteiger partial charge in [-0.15, -0.1) is 11.3 Å². The van der Waals surface area contributed by atoms with Crippen LogP contribution < -0.4 is 25.5 Å². The molecule has 72 heavy (non-hydrogen) atoms. The topological polar surface area (TPSA) is 6.48 Å². The molecule has 1 aromatic heterocycles. The van der Waals surface area contributed by atoms with Crippen molar-refractivity contribution in [3.05, 3.63) is 147 Å². The van der Waals surface area contributed by atoms with Gasteiger partial charge in [-0.1, -0.05) is 140 Å². The number of rotatable bonds is 3. The molecular weight excluding hydrogens is 895 g/mol. The van der Waals surface area contributed by atoms with E-state index >= 15 is 4.39 Å². The van der Waals surface area contributed by atoms with E-state index in [0.717, 1.165) is 30.5 Å². The summed E-state index contributed by atoms with van der Waals surface area (Å²) in [5.74, 6) is -0.190. The van der Waals surface area contributed by atoms with Gasteiger partial charge in [0.2, 0.25) is 0 Å². The maximum Gasteiger partial charge on any atom is 0.264 e. The smallest absolute Gasteiger partial charge is 0.264 e. The number of aryl methyl sites for hydroxylation is 1.